The molecule has 8 heteroatoms. The highest BCUT2D eigenvalue weighted by atomic mass is 32.2. The Labute approximate surface area is 160 Å². The van der Waals surface area contributed by atoms with Gasteiger partial charge < -0.3 is 5.32 Å². The predicted molar refractivity (Wildman–Crippen MR) is 102 cm³/mol. The number of amides is 1. The Hall–Kier alpha value is -3.00. The van der Waals surface area contributed by atoms with Crippen LogP contribution in [0.4, 0.5) is 5.69 Å². The number of anilines is 1. The van der Waals surface area contributed by atoms with E-state index >= 15 is 0 Å². The number of aromatic nitrogens is 4. The fraction of sp³-hybridized carbons (Fsp3) is 0.211. The first-order valence-corrected chi connectivity index (χ1v) is 9.47. The molecule has 1 unspecified atom stereocenters. The van der Waals surface area contributed by atoms with E-state index in [1.807, 2.05) is 43.3 Å². The Morgan fingerprint density at radius 3 is 2.81 bits per heavy atom. The van der Waals surface area contributed by atoms with Crippen LogP contribution >= 0.6 is 11.8 Å². The molecule has 0 saturated heterocycles. The van der Waals surface area contributed by atoms with Gasteiger partial charge in [0.25, 0.3) is 0 Å². The van der Waals surface area contributed by atoms with Gasteiger partial charge in [0.05, 0.1) is 10.9 Å². The molecule has 0 aliphatic carbocycles. The summed E-state index contributed by atoms with van der Waals surface area (Å²) in [4.78, 5) is 24.4. The van der Waals surface area contributed by atoms with Crippen molar-refractivity contribution in [3.63, 3.8) is 0 Å². The van der Waals surface area contributed by atoms with E-state index in [2.05, 4.69) is 20.8 Å². The summed E-state index contributed by atoms with van der Waals surface area (Å²) in [5.41, 5.74) is 3.25. The van der Waals surface area contributed by atoms with Crippen LogP contribution < -0.4 is 5.32 Å². The molecule has 0 spiro atoms. The number of carbonyl (C=O) groups excluding carboxylic acids is 2. The molecule has 1 aliphatic heterocycles. The summed E-state index contributed by atoms with van der Waals surface area (Å²) in [7, 11) is 0. The summed E-state index contributed by atoms with van der Waals surface area (Å²) in [5.74, 6) is 0.0144. The standard InChI is InChI=1S/C19H17N5O2S/c1-12(27-19-21-22-23-24(19)15-5-3-2-4-6-15)18(26)14-7-9-16-13(11-14)8-10-17(25)20-16/h2-7,9,11-12H,8,10H2,1H3,(H,20,25). The van der Waals surface area contributed by atoms with Crippen LogP contribution in [-0.2, 0) is 11.2 Å². The van der Waals surface area contributed by atoms with Crippen molar-refractivity contribution in [2.45, 2.75) is 30.2 Å². The minimum absolute atomic E-state index is 0.00214. The molecule has 4 rings (SSSR count). The molecule has 136 valence electrons. The van der Waals surface area contributed by atoms with E-state index in [0.29, 0.717) is 23.6 Å². The zero-order chi connectivity index (χ0) is 18.8. The summed E-state index contributed by atoms with van der Waals surface area (Å²) in [6.07, 6.45) is 1.09. The first-order valence-electron chi connectivity index (χ1n) is 8.59. The highest BCUT2D eigenvalue weighted by molar-refractivity contribution is 8.00. The van der Waals surface area contributed by atoms with Crippen LogP contribution in [0.2, 0.25) is 0 Å². The van der Waals surface area contributed by atoms with Crippen LogP contribution in [0.15, 0.2) is 53.7 Å². The number of thioether (sulfide) groups is 1. The van der Waals surface area contributed by atoms with Crippen LogP contribution in [0.25, 0.3) is 5.69 Å². The number of aryl methyl sites for hydroxylation is 1. The van der Waals surface area contributed by atoms with Crippen LogP contribution in [0, 0.1) is 0 Å². The Morgan fingerprint density at radius 1 is 1.19 bits per heavy atom. The number of para-hydroxylation sites is 1. The number of fused-ring (bicyclic) bond motifs is 1. The van der Waals surface area contributed by atoms with Gasteiger partial charge in [0, 0.05) is 17.7 Å². The molecule has 0 radical (unpaired) electrons. The second kappa shape index (κ2) is 7.32. The van der Waals surface area contributed by atoms with Crippen molar-refractivity contribution in [3.05, 3.63) is 59.7 Å². The third-order valence-corrected chi connectivity index (χ3v) is 5.41. The average Bonchev–Trinajstić information content (AvgIpc) is 3.15. The van der Waals surface area contributed by atoms with Gasteiger partial charge in [-0.1, -0.05) is 30.0 Å². The van der Waals surface area contributed by atoms with E-state index < -0.39 is 0 Å². The van der Waals surface area contributed by atoms with Crippen molar-refractivity contribution in [1.29, 1.82) is 0 Å². The third-order valence-electron chi connectivity index (χ3n) is 4.38. The normalized spacial score (nSPS) is 14.3. The van der Waals surface area contributed by atoms with Crippen LogP contribution in [0.3, 0.4) is 0 Å². The molecule has 1 N–H and O–H groups in total. The summed E-state index contributed by atoms with van der Waals surface area (Å²) in [5, 5.41) is 14.9. The van der Waals surface area contributed by atoms with Gasteiger partial charge in [0.2, 0.25) is 11.1 Å². The predicted octanol–water partition coefficient (Wildman–Crippen LogP) is 2.91. The van der Waals surface area contributed by atoms with Crippen LogP contribution in [-0.4, -0.2) is 37.1 Å². The van der Waals surface area contributed by atoms with Crippen molar-refractivity contribution >= 4 is 29.1 Å². The van der Waals surface area contributed by atoms with E-state index in [0.717, 1.165) is 16.9 Å². The number of carbonyl (C=O) groups is 2. The molecule has 1 aromatic heterocycles. The van der Waals surface area contributed by atoms with E-state index in [9.17, 15) is 9.59 Å². The Balaban J connectivity index is 1.53. The monoisotopic (exact) mass is 379 g/mol. The molecular formula is C19H17N5O2S. The van der Waals surface area contributed by atoms with Gasteiger partial charge in [-0.05, 0) is 59.7 Å². The maximum absolute atomic E-state index is 12.9. The van der Waals surface area contributed by atoms with E-state index in [1.54, 1.807) is 16.8 Å². The minimum atomic E-state index is -0.352. The first kappa shape index (κ1) is 17.4. The number of benzene rings is 2. The third kappa shape index (κ3) is 3.61. The number of nitrogens with zero attached hydrogens (tertiary/aromatic N) is 4. The van der Waals surface area contributed by atoms with Crippen molar-refractivity contribution < 1.29 is 9.59 Å². The largest absolute Gasteiger partial charge is 0.326 e. The van der Waals surface area contributed by atoms with E-state index in [1.165, 1.54) is 11.8 Å². The van der Waals surface area contributed by atoms with Crippen molar-refractivity contribution in [2.75, 3.05) is 5.32 Å². The molecule has 0 fully saturated rings. The van der Waals surface area contributed by atoms with Gasteiger partial charge in [-0.15, -0.1) is 5.10 Å². The molecule has 1 amide bonds. The SMILES string of the molecule is CC(Sc1nnnn1-c1ccccc1)C(=O)c1ccc2c(c1)CCC(=O)N2. The molecule has 3 aromatic rings. The molecule has 2 aromatic carbocycles. The van der Waals surface area contributed by atoms with Gasteiger partial charge in [-0.2, -0.15) is 4.68 Å². The fourth-order valence-electron chi connectivity index (χ4n) is 2.97. The van der Waals surface area contributed by atoms with Gasteiger partial charge >= 0.3 is 0 Å². The lowest BCUT2D eigenvalue weighted by molar-refractivity contribution is -0.116. The molecule has 2 heterocycles. The highest BCUT2D eigenvalue weighted by Crippen LogP contribution is 2.28. The van der Waals surface area contributed by atoms with Crippen LogP contribution in [0.1, 0.15) is 29.3 Å². The second-order valence-corrected chi connectivity index (χ2v) is 7.56. The van der Waals surface area contributed by atoms with Gasteiger partial charge in [-0.25, -0.2) is 0 Å². The maximum Gasteiger partial charge on any atom is 0.224 e. The molecule has 7 nitrogen and oxygen atoms in total. The first-order chi connectivity index (χ1) is 13.1. The summed E-state index contributed by atoms with van der Waals surface area (Å²) >= 11 is 1.32. The quantitative estimate of drug-likeness (QED) is 0.541. The molecule has 0 saturated carbocycles. The Morgan fingerprint density at radius 2 is 2.00 bits per heavy atom. The van der Waals surface area contributed by atoms with Crippen molar-refractivity contribution in [2.24, 2.45) is 0 Å². The number of hydrogen-bond donors (Lipinski definition) is 1. The lowest BCUT2D eigenvalue weighted by atomic mass is 9.98. The number of tetrazole rings is 1. The zero-order valence-electron chi connectivity index (χ0n) is 14.6. The zero-order valence-corrected chi connectivity index (χ0v) is 15.4. The summed E-state index contributed by atoms with van der Waals surface area (Å²) in [6.45, 7) is 1.85. The van der Waals surface area contributed by atoms with Gasteiger partial charge in [0.1, 0.15) is 0 Å². The number of nitrogens with one attached hydrogen (secondary N) is 1. The molecular weight excluding hydrogens is 362 g/mol. The van der Waals surface area contributed by atoms with Crippen molar-refractivity contribution in [3.8, 4) is 5.69 Å². The number of ketones is 1. The number of Topliss-reactive ketones (excluding diaryl/α,β-unsaturated/α-hetero) is 1. The fourth-order valence-corrected chi connectivity index (χ4v) is 3.85. The molecule has 1 aliphatic rings. The molecule has 1 atom stereocenters. The van der Waals surface area contributed by atoms with Gasteiger partial charge in [0.15, 0.2) is 5.78 Å². The van der Waals surface area contributed by atoms with Crippen LogP contribution in [0.5, 0.6) is 0 Å². The summed E-state index contributed by atoms with van der Waals surface area (Å²) in [6, 6.07) is 15.0. The second-order valence-electron chi connectivity index (χ2n) is 6.25. The summed E-state index contributed by atoms with van der Waals surface area (Å²) < 4.78 is 1.62. The van der Waals surface area contributed by atoms with E-state index in [-0.39, 0.29) is 16.9 Å². The lowest BCUT2D eigenvalue weighted by Gasteiger charge is -2.18. The number of hydrogen-bond acceptors (Lipinski definition) is 6. The Bertz CT molecular complexity index is 1000. The van der Waals surface area contributed by atoms with Crippen molar-refractivity contribution in [1.82, 2.24) is 20.2 Å². The minimum Gasteiger partial charge on any atom is -0.326 e. The van der Waals surface area contributed by atoms with Gasteiger partial charge in [-0.3, -0.25) is 9.59 Å². The lowest BCUT2D eigenvalue weighted by Crippen LogP contribution is -2.20. The highest BCUT2D eigenvalue weighted by Gasteiger charge is 2.22. The van der Waals surface area contributed by atoms with E-state index in [4.69, 9.17) is 0 Å². The molecule has 27 heavy (non-hydrogen) atoms. The number of rotatable bonds is 5. The average molecular weight is 379 g/mol. The Kier molecular flexibility index (Phi) is 4.72. The topological polar surface area (TPSA) is 89.8 Å². The molecule has 0 bridgehead atoms. The smallest absolute Gasteiger partial charge is 0.224 e. The maximum atomic E-state index is 12.9.